The fourth-order valence-corrected chi connectivity index (χ4v) is 4.02. The van der Waals surface area contributed by atoms with Crippen molar-refractivity contribution in [2.75, 3.05) is 10.6 Å². The molecule has 2 aromatic carbocycles. The maximum absolute atomic E-state index is 12.6. The third kappa shape index (κ3) is 5.72. The van der Waals surface area contributed by atoms with Gasteiger partial charge in [-0.15, -0.1) is 0 Å². The zero-order chi connectivity index (χ0) is 23.2. The highest BCUT2D eigenvalue weighted by Crippen LogP contribution is 2.28. The van der Waals surface area contributed by atoms with E-state index >= 15 is 0 Å². The van der Waals surface area contributed by atoms with Crippen molar-refractivity contribution in [1.29, 1.82) is 0 Å². The van der Waals surface area contributed by atoms with Crippen molar-refractivity contribution in [2.45, 2.75) is 44.7 Å². The van der Waals surface area contributed by atoms with Gasteiger partial charge in [-0.2, -0.15) is 0 Å². The molecule has 0 unspecified atom stereocenters. The Balaban J connectivity index is 1.45. The SMILES string of the molecule is CC(=O)Nc1ccccc1-c1cc(Nc2ccc(C(=O)N[C@@H]3CCCC[C@H]3N)cc2)ncn1. The number of carbonyl (C=O) groups excluding carboxylic acids is 2. The molecule has 0 aliphatic heterocycles. The average Bonchev–Trinajstić information content (AvgIpc) is 2.81. The second-order valence-electron chi connectivity index (χ2n) is 8.25. The molecule has 3 aromatic rings. The first-order chi connectivity index (χ1) is 16.0. The number of aromatic nitrogens is 2. The van der Waals surface area contributed by atoms with Gasteiger partial charge in [-0.05, 0) is 43.2 Å². The second kappa shape index (κ2) is 10.2. The van der Waals surface area contributed by atoms with Crippen LogP contribution < -0.4 is 21.7 Å². The third-order valence-electron chi connectivity index (χ3n) is 5.74. The van der Waals surface area contributed by atoms with Crippen LogP contribution in [0.3, 0.4) is 0 Å². The monoisotopic (exact) mass is 444 g/mol. The molecular formula is C25H28N6O2. The van der Waals surface area contributed by atoms with E-state index in [0.717, 1.165) is 36.9 Å². The number of rotatable bonds is 6. The molecule has 0 radical (unpaired) electrons. The summed E-state index contributed by atoms with van der Waals surface area (Å²) in [6.45, 7) is 1.47. The Labute approximate surface area is 193 Å². The van der Waals surface area contributed by atoms with Crippen molar-refractivity contribution in [3.05, 3.63) is 66.5 Å². The van der Waals surface area contributed by atoms with Crippen molar-refractivity contribution in [3.63, 3.8) is 0 Å². The lowest BCUT2D eigenvalue weighted by atomic mass is 9.91. The van der Waals surface area contributed by atoms with Crippen molar-refractivity contribution < 1.29 is 9.59 Å². The second-order valence-corrected chi connectivity index (χ2v) is 8.25. The predicted octanol–water partition coefficient (Wildman–Crippen LogP) is 3.85. The van der Waals surface area contributed by atoms with Gasteiger partial charge < -0.3 is 21.7 Å². The van der Waals surface area contributed by atoms with Crippen LogP contribution >= 0.6 is 0 Å². The first kappa shape index (κ1) is 22.4. The Morgan fingerprint density at radius 3 is 2.52 bits per heavy atom. The molecule has 1 fully saturated rings. The maximum Gasteiger partial charge on any atom is 0.251 e. The molecule has 33 heavy (non-hydrogen) atoms. The lowest BCUT2D eigenvalue weighted by Gasteiger charge is -2.29. The molecular weight excluding hydrogens is 416 g/mol. The molecule has 0 saturated heterocycles. The number of hydrogen-bond acceptors (Lipinski definition) is 6. The predicted molar refractivity (Wildman–Crippen MR) is 129 cm³/mol. The van der Waals surface area contributed by atoms with E-state index in [0.29, 0.717) is 22.8 Å². The first-order valence-corrected chi connectivity index (χ1v) is 11.1. The van der Waals surface area contributed by atoms with Crippen molar-refractivity contribution in [2.24, 2.45) is 5.73 Å². The molecule has 1 aromatic heterocycles. The molecule has 2 atom stereocenters. The van der Waals surface area contributed by atoms with E-state index < -0.39 is 0 Å². The van der Waals surface area contributed by atoms with Gasteiger partial charge in [0.25, 0.3) is 5.91 Å². The number of nitrogens with zero attached hydrogens (tertiary/aromatic N) is 2. The van der Waals surface area contributed by atoms with E-state index in [2.05, 4.69) is 25.9 Å². The summed E-state index contributed by atoms with van der Waals surface area (Å²) in [5, 5.41) is 9.13. The summed E-state index contributed by atoms with van der Waals surface area (Å²) >= 11 is 0. The van der Waals surface area contributed by atoms with Crippen LogP contribution in [0, 0.1) is 0 Å². The maximum atomic E-state index is 12.6. The molecule has 0 bridgehead atoms. The fraction of sp³-hybridized carbons (Fsp3) is 0.280. The summed E-state index contributed by atoms with van der Waals surface area (Å²) in [5.74, 6) is 0.343. The minimum Gasteiger partial charge on any atom is -0.348 e. The Morgan fingerprint density at radius 2 is 1.76 bits per heavy atom. The molecule has 8 nitrogen and oxygen atoms in total. The molecule has 4 rings (SSSR count). The van der Waals surface area contributed by atoms with Crippen molar-refractivity contribution in [3.8, 4) is 11.3 Å². The average molecular weight is 445 g/mol. The summed E-state index contributed by atoms with van der Waals surface area (Å²) in [5.41, 5.74) is 9.68. The molecule has 5 N–H and O–H groups in total. The molecule has 0 spiro atoms. The third-order valence-corrected chi connectivity index (χ3v) is 5.74. The van der Waals surface area contributed by atoms with Crippen LogP contribution in [0.2, 0.25) is 0 Å². The summed E-state index contributed by atoms with van der Waals surface area (Å²) in [4.78, 5) is 32.8. The topological polar surface area (TPSA) is 122 Å². The standard InChI is InChI=1S/C25H28N6O2/c1-16(32)29-21-8-4-2-6-19(21)23-14-24(28-15-27-23)30-18-12-10-17(11-13-18)25(33)31-22-9-5-3-7-20(22)26/h2,4,6,8,10-15,20,22H,3,5,7,9,26H2,1H3,(H,29,32)(H,31,33)(H,27,28,30)/t20-,22-/m1/s1. The van der Waals surface area contributed by atoms with E-state index in [9.17, 15) is 9.59 Å². The van der Waals surface area contributed by atoms with Crippen LogP contribution in [0.25, 0.3) is 11.3 Å². The summed E-state index contributed by atoms with van der Waals surface area (Å²) in [6, 6.07) is 16.6. The van der Waals surface area contributed by atoms with Gasteiger partial charge in [0, 0.05) is 41.9 Å². The molecule has 1 aliphatic carbocycles. The molecule has 1 aliphatic rings. The van der Waals surface area contributed by atoms with E-state index in [-0.39, 0.29) is 23.9 Å². The van der Waals surface area contributed by atoms with Crippen molar-refractivity contribution in [1.82, 2.24) is 15.3 Å². The lowest BCUT2D eigenvalue weighted by Crippen LogP contribution is -2.49. The van der Waals surface area contributed by atoms with Crippen LogP contribution in [0.1, 0.15) is 43.0 Å². The Bertz CT molecular complexity index is 1130. The van der Waals surface area contributed by atoms with Crippen LogP contribution in [-0.4, -0.2) is 33.9 Å². The van der Waals surface area contributed by atoms with E-state index in [4.69, 9.17) is 5.73 Å². The molecule has 170 valence electrons. The number of nitrogens with two attached hydrogens (primary N) is 1. The number of nitrogens with one attached hydrogen (secondary N) is 3. The van der Waals surface area contributed by atoms with Crippen LogP contribution in [0.15, 0.2) is 60.9 Å². The normalized spacial score (nSPS) is 17.8. The Hall–Kier alpha value is -3.78. The number of benzene rings is 2. The van der Waals surface area contributed by atoms with E-state index in [1.54, 1.807) is 12.1 Å². The molecule has 1 saturated carbocycles. The van der Waals surface area contributed by atoms with Gasteiger partial charge in [0.2, 0.25) is 5.91 Å². The number of amides is 2. The summed E-state index contributed by atoms with van der Waals surface area (Å²) in [6.07, 6.45) is 5.56. The van der Waals surface area contributed by atoms with Crippen LogP contribution in [0.5, 0.6) is 0 Å². The molecule has 1 heterocycles. The van der Waals surface area contributed by atoms with Gasteiger partial charge in [-0.3, -0.25) is 9.59 Å². The highest BCUT2D eigenvalue weighted by atomic mass is 16.2. The fourth-order valence-electron chi connectivity index (χ4n) is 4.02. The number of para-hydroxylation sites is 1. The van der Waals surface area contributed by atoms with E-state index in [1.165, 1.54) is 13.3 Å². The number of anilines is 3. The minimum atomic E-state index is -0.149. The van der Waals surface area contributed by atoms with Crippen LogP contribution in [0.4, 0.5) is 17.2 Å². The Kier molecular flexibility index (Phi) is 6.95. The zero-order valence-electron chi connectivity index (χ0n) is 18.5. The molecule has 2 amide bonds. The highest BCUT2D eigenvalue weighted by Gasteiger charge is 2.23. The van der Waals surface area contributed by atoms with Gasteiger partial charge >= 0.3 is 0 Å². The number of carbonyl (C=O) groups is 2. The van der Waals surface area contributed by atoms with Crippen LogP contribution in [-0.2, 0) is 4.79 Å². The highest BCUT2D eigenvalue weighted by molar-refractivity contribution is 5.95. The largest absolute Gasteiger partial charge is 0.348 e. The van der Waals surface area contributed by atoms with Gasteiger partial charge in [0.15, 0.2) is 0 Å². The van der Waals surface area contributed by atoms with Gasteiger partial charge in [-0.1, -0.05) is 31.0 Å². The van der Waals surface area contributed by atoms with Crippen molar-refractivity contribution >= 4 is 29.0 Å². The lowest BCUT2D eigenvalue weighted by molar-refractivity contribution is -0.114. The summed E-state index contributed by atoms with van der Waals surface area (Å²) in [7, 11) is 0. The summed E-state index contributed by atoms with van der Waals surface area (Å²) < 4.78 is 0. The van der Waals surface area contributed by atoms with E-state index in [1.807, 2.05) is 42.5 Å². The minimum absolute atomic E-state index is 0.0198. The molecule has 8 heteroatoms. The smallest absolute Gasteiger partial charge is 0.251 e. The zero-order valence-corrected chi connectivity index (χ0v) is 18.5. The van der Waals surface area contributed by atoms with Gasteiger partial charge in [0.1, 0.15) is 12.1 Å². The van der Waals surface area contributed by atoms with Gasteiger partial charge in [-0.25, -0.2) is 9.97 Å². The Morgan fingerprint density at radius 1 is 1.00 bits per heavy atom. The van der Waals surface area contributed by atoms with Gasteiger partial charge in [0.05, 0.1) is 11.4 Å². The number of hydrogen-bond donors (Lipinski definition) is 4. The first-order valence-electron chi connectivity index (χ1n) is 11.1. The quantitative estimate of drug-likeness (QED) is 0.458.